The van der Waals surface area contributed by atoms with Crippen LogP contribution in [-0.2, 0) is 17.6 Å². The molecule has 4 rings (SSSR count). The summed E-state index contributed by atoms with van der Waals surface area (Å²) in [6, 6.07) is 27.3. The number of nitrogens with zero attached hydrogens (tertiary/aromatic N) is 2. The number of hydrogen-bond donors (Lipinski definition) is 3. The molecular formula is C34H36N4O5. The standard InChI is InChI=1S/C34H36N4O5/c1-5-23-13-15-24(16-14-23)28-10-6-7-11-29(28)31(39)36-26-17-19-27(20-18-26)38(33(41)42)22-21-25-9-8-12-30(35-25)37-32(40)43-34(2,3)4/h6-20H,5,21-22H2,1-4H3,(H,36,39)(H,41,42)(H,35,37,40). The van der Waals surface area contributed by atoms with Crippen LogP contribution in [0.5, 0.6) is 0 Å². The molecule has 0 saturated carbocycles. The fourth-order valence-electron chi connectivity index (χ4n) is 4.43. The number of amides is 3. The highest BCUT2D eigenvalue weighted by atomic mass is 16.6. The van der Waals surface area contributed by atoms with Crippen molar-refractivity contribution in [3.05, 3.63) is 108 Å². The molecule has 0 radical (unpaired) electrons. The summed E-state index contributed by atoms with van der Waals surface area (Å²) in [5.41, 5.74) is 4.49. The lowest BCUT2D eigenvalue weighted by Crippen LogP contribution is -2.31. The minimum Gasteiger partial charge on any atom is -0.465 e. The van der Waals surface area contributed by atoms with Crippen molar-refractivity contribution in [1.29, 1.82) is 0 Å². The van der Waals surface area contributed by atoms with Crippen LogP contribution < -0.4 is 15.5 Å². The van der Waals surface area contributed by atoms with Crippen LogP contribution in [0.4, 0.5) is 26.8 Å². The Balaban J connectivity index is 1.41. The Bertz CT molecular complexity index is 1580. The third-order valence-corrected chi connectivity index (χ3v) is 6.54. The zero-order valence-corrected chi connectivity index (χ0v) is 24.8. The highest BCUT2D eigenvalue weighted by Crippen LogP contribution is 2.26. The number of carbonyl (C=O) groups excluding carboxylic acids is 2. The largest absolute Gasteiger partial charge is 0.465 e. The fraction of sp³-hybridized carbons (Fsp3) is 0.235. The molecular weight excluding hydrogens is 544 g/mol. The predicted molar refractivity (Wildman–Crippen MR) is 169 cm³/mol. The minimum atomic E-state index is -1.12. The number of rotatable bonds is 9. The number of pyridine rings is 1. The van der Waals surface area contributed by atoms with E-state index in [2.05, 4.69) is 34.7 Å². The van der Waals surface area contributed by atoms with Gasteiger partial charge >= 0.3 is 12.2 Å². The molecule has 1 heterocycles. The predicted octanol–water partition coefficient (Wildman–Crippen LogP) is 7.64. The molecule has 0 unspecified atom stereocenters. The van der Waals surface area contributed by atoms with Crippen molar-refractivity contribution in [2.24, 2.45) is 0 Å². The molecule has 0 spiro atoms. The van der Waals surface area contributed by atoms with Crippen LogP contribution >= 0.6 is 0 Å². The Kier molecular flexibility index (Phi) is 9.77. The third kappa shape index (κ3) is 8.65. The molecule has 9 heteroatoms. The molecule has 3 amide bonds. The summed E-state index contributed by atoms with van der Waals surface area (Å²) in [7, 11) is 0. The number of benzene rings is 3. The zero-order valence-electron chi connectivity index (χ0n) is 24.8. The first kappa shape index (κ1) is 30.8. The van der Waals surface area contributed by atoms with Crippen LogP contribution in [0.1, 0.15) is 49.3 Å². The molecule has 0 aliphatic rings. The normalized spacial score (nSPS) is 11.0. The van der Waals surface area contributed by atoms with E-state index in [1.54, 1.807) is 69.3 Å². The van der Waals surface area contributed by atoms with E-state index in [4.69, 9.17) is 4.74 Å². The second kappa shape index (κ2) is 13.7. The van der Waals surface area contributed by atoms with Crippen LogP contribution in [0, 0.1) is 0 Å². The lowest BCUT2D eigenvalue weighted by Gasteiger charge is -2.20. The molecule has 222 valence electrons. The summed E-state index contributed by atoms with van der Waals surface area (Å²) >= 11 is 0. The molecule has 3 aromatic carbocycles. The molecule has 43 heavy (non-hydrogen) atoms. The first-order valence-corrected chi connectivity index (χ1v) is 14.1. The molecule has 9 nitrogen and oxygen atoms in total. The van der Waals surface area contributed by atoms with Gasteiger partial charge < -0.3 is 15.2 Å². The van der Waals surface area contributed by atoms with Crippen molar-refractivity contribution in [1.82, 2.24) is 4.98 Å². The molecule has 0 aliphatic carbocycles. The van der Waals surface area contributed by atoms with Crippen molar-refractivity contribution >= 4 is 35.3 Å². The van der Waals surface area contributed by atoms with E-state index in [1.165, 1.54) is 10.5 Å². The van der Waals surface area contributed by atoms with Gasteiger partial charge in [0.05, 0.1) is 0 Å². The van der Waals surface area contributed by atoms with E-state index < -0.39 is 17.8 Å². The van der Waals surface area contributed by atoms with Gasteiger partial charge in [-0.3, -0.25) is 15.0 Å². The number of carbonyl (C=O) groups is 3. The van der Waals surface area contributed by atoms with Crippen LogP contribution in [0.2, 0.25) is 0 Å². The summed E-state index contributed by atoms with van der Waals surface area (Å²) in [5, 5.41) is 15.4. The summed E-state index contributed by atoms with van der Waals surface area (Å²) in [6.45, 7) is 7.53. The summed E-state index contributed by atoms with van der Waals surface area (Å²) < 4.78 is 5.26. The Hall–Kier alpha value is -5.18. The topological polar surface area (TPSA) is 121 Å². The number of hydrogen-bond acceptors (Lipinski definition) is 5. The van der Waals surface area contributed by atoms with Crippen molar-refractivity contribution in [3.8, 4) is 11.1 Å². The molecule has 0 atom stereocenters. The van der Waals surface area contributed by atoms with Crippen molar-refractivity contribution in [2.75, 3.05) is 22.1 Å². The minimum absolute atomic E-state index is 0.133. The summed E-state index contributed by atoms with van der Waals surface area (Å²) in [4.78, 5) is 43.0. The molecule has 0 bridgehead atoms. The lowest BCUT2D eigenvalue weighted by atomic mass is 9.98. The van der Waals surface area contributed by atoms with Crippen molar-refractivity contribution in [3.63, 3.8) is 0 Å². The maximum Gasteiger partial charge on any atom is 0.413 e. The van der Waals surface area contributed by atoms with Gasteiger partial charge in [0.2, 0.25) is 0 Å². The molecule has 4 aromatic rings. The van der Waals surface area contributed by atoms with Crippen LogP contribution in [0.15, 0.2) is 91.0 Å². The monoisotopic (exact) mass is 580 g/mol. The molecule has 0 saturated heterocycles. The molecule has 1 aromatic heterocycles. The number of nitrogens with one attached hydrogen (secondary N) is 2. The number of carboxylic acid groups (broad SMARTS) is 1. The van der Waals surface area contributed by atoms with Gasteiger partial charge in [0, 0.05) is 35.6 Å². The number of anilines is 3. The Morgan fingerprint density at radius 3 is 2.21 bits per heavy atom. The first-order chi connectivity index (χ1) is 20.5. The molecule has 0 aliphatic heterocycles. The Morgan fingerprint density at radius 2 is 1.56 bits per heavy atom. The average molecular weight is 581 g/mol. The zero-order chi connectivity index (χ0) is 31.0. The number of ether oxygens (including phenoxy) is 1. The van der Waals surface area contributed by atoms with E-state index in [0.29, 0.717) is 34.9 Å². The van der Waals surface area contributed by atoms with Gasteiger partial charge in [0.15, 0.2) is 0 Å². The lowest BCUT2D eigenvalue weighted by molar-refractivity contribution is 0.0635. The Morgan fingerprint density at radius 1 is 0.860 bits per heavy atom. The van der Waals surface area contributed by atoms with Crippen molar-refractivity contribution in [2.45, 2.75) is 46.1 Å². The van der Waals surface area contributed by atoms with E-state index in [0.717, 1.165) is 17.5 Å². The molecule has 3 N–H and O–H groups in total. The average Bonchev–Trinajstić information content (AvgIpc) is 2.97. The second-order valence-electron chi connectivity index (χ2n) is 10.9. The SMILES string of the molecule is CCc1ccc(-c2ccccc2C(=O)Nc2ccc(N(CCc3cccc(NC(=O)OC(C)(C)C)n3)C(=O)O)cc2)cc1. The Labute approximate surface area is 251 Å². The van der Waals surface area contributed by atoms with Gasteiger partial charge in [-0.15, -0.1) is 0 Å². The van der Waals surface area contributed by atoms with E-state index >= 15 is 0 Å². The van der Waals surface area contributed by atoms with Crippen LogP contribution in [-0.4, -0.2) is 40.3 Å². The van der Waals surface area contributed by atoms with E-state index in [-0.39, 0.29) is 12.5 Å². The van der Waals surface area contributed by atoms with Gasteiger partial charge in [0.25, 0.3) is 5.91 Å². The van der Waals surface area contributed by atoms with Gasteiger partial charge in [-0.1, -0.05) is 55.5 Å². The summed E-state index contributed by atoms with van der Waals surface area (Å²) in [5.74, 6) is 0.0530. The van der Waals surface area contributed by atoms with E-state index in [1.807, 2.05) is 30.3 Å². The number of aryl methyl sites for hydroxylation is 1. The highest BCUT2D eigenvalue weighted by Gasteiger charge is 2.18. The maximum absolute atomic E-state index is 13.2. The summed E-state index contributed by atoms with van der Waals surface area (Å²) in [6.07, 6.45) is -0.492. The maximum atomic E-state index is 13.2. The van der Waals surface area contributed by atoms with Gasteiger partial charge in [-0.05, 0) is 86.3 Å². The quantitative estimate of drug-likeness (QED) is 0.187. The van der Waals surface area contributed by atoms with Gasteiger partial charge in [-0.25, -0.2) is 14.6 Å². The van der Waals surface area contributed by atoms with Crippen LogP contribution in [0.3, 0.4) is 0 Å². The first-order valence-electron chi connectivity index (χ1n) is 14.1. The van der Waals surface area contributed by atoms with Gasteiger partial charge in [0.1, 0.15) is 11.4 Å². The van der Waals surface area contributed by atoms with Crippen LogP contribution in [0.25, 0.3) is 11.1 Å². The smallest absolute Gasteiger partial charge is 0.413 e. The third-order valence-electron chi connectivity index (χ3n) is 6.54. The fourth-order valence-corrected chi connectivity index (χ4v) is 4.43. The molecule has 0 fully saturated rings. The second-order valence-corrected chi connectivity index (χ2v) is 10.9. The van der Waals surface area contributed by atoms with Crippen molar-refractivity contribution < 1.29 is 24.2 Å². The number of aromatic nitrogens is 1. The highest BCUT2D eigenvalue weighted by molar-refractivity contribution is 6.08. The van der Waals surface area contributed by atoms with E-state index in [9.17, 15) is 19.5 Å². The van der Waals surface area contributed by atoms with Gasteiger partial charge in [-0.2, -0.15) is 0 Å².